The molecule has 0 spiro atoms. The van der Waals surface area contributed by atoms with Crippen molar-refractivity contribution in [3.8, 4) is 0 Å². The van der Waals surface area contributed by atoms with Crippen molar-refractivity contribution in [3.63, 3.8) is 0 Å². The molecule has 0 aliphatic heterocycles. The van der Waals surface area contributed by atoms with Crippen LogP contribution in [0.2, 0.25) is 0 Å². The van der Waals surface area contributed by atoms with Gasteiger partial charge in [-0.15, -0.1) is 0 Å². The molecule has 0 saturated heterocycles. The number of unbranched alkanes of at least 4 members (excludes halogenated alkanes) is 29. The van der Waals surface area contributed by atoms with Crippen LogP contribution in [0.4, 0.5) is 0 Å². The quantitative estimate of drug-likeness (QED) is 0.0347. The van der Waals surface area contributed by atoms with Crippen molar-refractivity contribution in [1.82, 2.24) is 0 Å². The van der Waals surface area contributed by atoms with Crippen molar-refractivity contribution >= 4 is 11.9 Å². The summed E-state index contributed by atoms with van der Waals surface area (Å²) in [6.45, 7) is 7.67. The van der Waals surface area contributed by atoms with E-state index in [1.54, 1.807) is 0 Å². The summed E-state index contributed by atoms with van der Waals surface area (Å²) in [5.74, 6) is -0.416. The number of rotatable bonds is 48. The van der Waals surface area contributed by atoms with E-state index < -0.39 is 6.10 Å². The highest BCUT2D eigenvalue weighted by molar-refractivity contribution is 5.70. The molecular weight excluding hydrogens is 741 g/mol. The zero-order valence-electron chi connectivity index (χ0n) is 40.2. The molecule has 0 aromatic rings. The van der Waals surface area contributed by atoms with Crippen molar-refractivity contribution in [2.45, 2.75) is 271 Å². The third-order valence-electron chi connectivity index (χ3n) is 11.4. The second kappa shape index (κ2) is 51.2. The Morgan fingerprint density at radius 3 is 1.20 bits per heavy atom. The maximum atomic E-state index is 12.6. The van der Waals surface area contributed by atoms with Gasteiger partial charge in [0.25, 0.3) is 0 Å². The molecule has 0 aromatic carbocycles. The summed E-state index contributed by atoms with van der Waals surface area (Å²) >= 11 is 0. The average Bonchev–Trinajstić information content (AvgIpc) is 3.25. The number of carbonyl (C=O) groups is 2. The molecular formula is C55H100O5. The topological polar surface area (TPSA) is 61.8 Å². The summed E-state index contributed by atoms with van der Waals surface area (Å²) in [5.41, 5.74) is 0. The van der Waals surface area contributed by atoms with Crippen LogP contribution in [0.3, 0.4) is 0 Å². The zero-order chi connectivity index (χ0) is 43.5. The summed E-state index contributed by atoms with van der Waals surface area (Å²) < 4.78 is 17.3. The summed E-state index contributed by atoms with van der Waals surface area (Å²) in [4.78, 5) is 25.1. The highest BCUT2D eigenvalue weighted by Gasteiger charge is 2.17. The van der Waals surface area contributed by atoms with Crippen molar-refractivity contribution in [2.24, 2.45) is 0 Å². The first-order valence-electron chi connectivity index (χ1n) is 26.2. The third kappa shape index (κ3) is 48.5. The Bertz CT molecular complexity index is 997. The Hall–Kier alpha value is -2.14. The average molecular weight is 841 g/mol. The zero-order valence-corrected chi connectivity index (χ0v) is 40.2. The van der Waals surface area contributed by atoms with Crippen LogP contribution in [0.15, 0.2) is 48.6 Å². The van der Waals surface area contributed by atoms with E-state index in [2.05, 4.69) is 69.4 Å². The van der Waals surface area contributed by atoms with Crippen LogP contribution < -0.4 is 0 Å². The smallest absolute Gasteiger partial charge is 0.306 e. The molecule has 350 valence electrons. The van der Waals surface area contributed by atoms with Gasteiger partial charge in [-0.25, -0.2) is 0 Å². The van der Waals surface area contributed by atoms with Gasteiger partial charge in [-0.1, -0.05) is 243 Å². The standard InChI is InChI=1S/C55H100O5/c1-4-7-10-13-15-17-19-21-23-25-27-29-31-33-35-37-39-41-44-47-50-58-51-53(60-55(57)49-46-42-12-9-6-3)52-59-54(56)48-45-43-40-38-36-34-32-30-28-26-24-22-20-18-16-14-11-8-5-2/h8,11,16,18,22,24,28,30,53H,4-7,9-10,12-15,17,19-21,23,25-27,29,31-52H2,1-3H3/b11-8-,18-16-,24-22-,30-28-. The number of ether oxygens (including phenoxy) is 3. The molecule has 0 amide bonds. The van der Waals surface area contributed by atoms with Gasteiger partial charge in [0.05, 0.1) is 6.61 Å². The van der Waals surface area contributed by atoms with E-state index in [1.807, 2.05) is 0 Å². The molecule has 5 nitrogen and oxygen atoms in total. The lowest BCUT2D eigenvalue weighted by Gasteiger charge is -2.18. The number of hydrogen-bond acceptors (Lipinski definition) is 5. The van der Waals surface area contributed by atoms with Crippen LogP contribution in [-0.4, -0.2) is 37.9 Å². The monoisotopic (exact) mass is 841 g/mol. The van der Waals surface area contributed by atoms with Crippen LogP contribution in [0.25, 0.3) is 0 Å². The molecule has 0 aromatic heterocycles. The van der Waals surface area contributed by atoms with E-state index in [-0.39, 0.29) is 25.2 Å². The van der Waals surface area contributed by atoms with Gasteiger partial charge in [-0.3, -0.25) is 9.59 Å². The lowest BCUT2D eigenvalue weighted by atomic mass is 10.0. The fourth-order valence-electron chi connectivity index (χ4n) is 7.50. The number of carbonyl (C=O) groups excluding carboxylic acids is 2. The molecule has 0 radical (unpaired) electrons. The first kappa shape index (κ1) is 57.9. The fraction of sp³-hybridized carbons (Fsp3) is 0.818. The molecule has 0 fully saturated rings. The van der Waals surface area contributed by atoms with E-state index in [0.717, 1.165) is 77.0 Å². The van der Waals surface area contributed by atoms with Gasteiger partial charge in [0.2, 0.25) is 0 Å². The van der Waals surface area contributed by atoms with E-state index in [9.17, 15) is 9.59 Å². The minimum absolute atomic E-state index is 0.0803. The van der Waals surface area contributed by atoms with E-state index >= 15 is 0 Å². The second-order valence-corrected chi connectivity index (χ2v) is 17.4. The van der Waals surface area contributed by atoms with Crippen LogP contribution in [-0.2, 0) is 23.8 Å². The summed E-state index contributed by atoms with van der Waals surface area (Å²) in [5, 5.41) is 0. The highest BCUT2D eigenvalue weighted by atomic mass is 16.6. The maximum Gasteiger partial charge on any atom is 0.306 e. The van der Waals surface area contributed by atoms with Crippen LogP contribution >= 0.6 is 0 Å². The molecule has 0 heterocycles. The molecule has 0 aliphatic rings. The van der Waals surface area contributed by atoms with Gasteiger partial charge in [0.15, 0.2) is 6.10 Å². The van der Waals surface area contributed by atoms with Crippen LogP contribution in [0, 0.1) is 0 Å². The molecule has 0 N–H and O–H groups in total. The molecule has 0 aliphatic carbocycles. The molecule has 1 unspecified atom stereocenters. The van der Waals surface area contributed by atoms with E-state index in [4.69, 9.17) is 14.2 Å². The molecule has 60 heavy (non-hydrogen) atoms. The summed E-state index contributed by atoms with van der Waals surface area (Å²) in [6.07, 6.45) is 63.0. The van der Waals surface area contributed by atoms with Gasteiger partial charge in [-0.2, -0.15) is 0 Å². The molecule has 5 heteroatoms. The molecule has 1 atom stereocenters. The Balaban J connectivity index is 3.99. The van der Waals surface area contributed by atoms with Gasteiger partial charge in [0.1, 0.15) is 6.61 Å². The summed E-state index contributed by atoms with van der Waals surface area (Å²) in [6, 6.07) is 0. The van der Waals surface area contributed by atoms with Gasteiger partial charge < -0.3 is 14.2 Å². The van der Waals surface area contributed by atoms with Crippen molar-refractivity contribution in [2.75, 3.05) is 19.8 Å². The Kier molecular flexibility index (Phi) is 49.4. The number of hydrogen-bond donors (Lipinski definition) is 0. The fourth-order valence-corrected chi connectivity index (χ4v) is 7.50. The lowest BCUT2D eigenvalue weighted by Crippen LogP contribution is -2.30. The Morgan fingerprint density at radius 2 is 0.750 bits per heavy atom. The molecule has 0 rings (SSSR count). The Labute approximate surface area is 373 Å². The number of allylic oxidation sites excluding steroid dienone is 8. The SMILES string of the molecule is CC/C=C\C/C=C\C/C=C\C/C=C\CCCCCCCCC(=O)OCC(COCCCCCCCCCCCCCCCCCCCCCC)OC(=O)CCCCCCC. The predicted molar refractivity (Wildman–Crippen MR) is 261 cm³/mol. The minimum Gasteiger partial charge on any atom is -0.462 e. The first-order valence-corrected chi connectivity index (χ1v) is 26.2. The molecule has 0 bridgehead atoms. The lowest BCUT2D eigenvalue weighted by molar-refractivity contribution is -0.163. The van der Waals surface area contributed by atoms with E-state index in [1.165, 1.54) is 154 Å². The summed E-state index contributed by atoms with van der Waals surface area (Å²) in [7, 11) is 0. The van der Waals surface area contributed by atoms with Crippen molar-refractivity contribution in [1.29, 1.82) is 0 Å². The Morgan fingerprint density at radius 1 is 0.383 bits per heavy atom. The maximum absolute atomic E-state index is 12.6. The molecule has 0 saturated carbocycles. The minimum atomic E-state index is -0.535. The van der Waals surface area contributed by atoms with Crippen LogP contribution in [0.1, 0.15) is 265 Å². The van der Waals surface area contributed by atoms with Crippen molar-refractivity contribution < 1.29 is 23.8 Å². The third-order valence-corrected chi connectivity index (χ3v) is 11.4. The highest BCUT2D eigenvalue weighted by Crippen LogP contribution is 2.16. The van der Waals surface area contributed by atoms with Crippen molar-refractivity contribution in [3.05, 3.63) is 48.6 Å². The van der Waals surface area contributed by atoms with Gasteiger partial charge in [-0.05, 0) is 57.8 Å². The first-order chi connectivity index (χ1) is 29.6. The predicted octanol–water partition coefficient (Wildman–Crippen LogP) is 17.6. The largest absolute Gasteiger partial charge is 0.462 e. The van der Waals surface area contributed by atoms with Gasteiger partial charge in [0, 0.05) is 19.4 Å². The van der Waals surface area contributed by atoms with Gasteiger partial charge >= 0.3 is 11.9 Å². The van der Waals surface area contributed by atoms with Crippen LogP contribution in [0.5, 0.6) is 0 Å². The second-order valence-electron chi connectivity index (χ2n) is 17.4. The normalized spacial score (nSPS) is 12.5. The van der Waals surface area contributed by atoms with E-state index in [0.29, 0.717) is 19.4 Å². The number of esters is 2.